The molecule has 9 heteroatoms. The van der Waals surface area contributed by atoms with Gasteiger partial charge >= 0.3 is 0 Å². The number of halogens is 1. The maximum Gasteiger partial charge on any atom is 0.243 e. The average molecular weight is 445 g/mol. The average Bonchev–Trinajstić information content (AvgIpc) is 2.99. The Balaban J connectivity index is 1.60. The fraction of sp³-hybridized carbons (Fsp3) is 0.238. The first-order valence-electron chi connectivity index (χ1n) is 9.53. The standard InChI is InChI=1S/C21H21ClN4O3S/c1-15(27)23-18-6-8-20(9-7-18)30(28,29)25-10-3-11-26-19(14-25)13-21(24-26)16-4-2-5-17(22)12-16/h2,4-9,12-13H,3,10-11,14H2,1H3,(H,23,27). The van der Waals surface area contributed by atoms with Gasteiger partial charge in [0, 0.05) is 36.3 Å². The predicted octanol–water partition coefficient (Wildman–Crippen LogP) is 3.76. The number of hydrogen-bond acceptors (Lipinski definition) is 4. The van der Waals surface area contributed by atoms with Crippen molar-refractivity contribution in [1.29, 1.82) is 0 Å². The Morgan fingerprint density at radius 1 is 1.10 bits per heavy atom. The van der Waals surface area contributed by atoms with Crippen molar-refractivity contribution in [3.05, 3.63) is 65.3 Å². The molecule has 4 rings (SSSR count). The Morgan fingerprint density at radius 2 is 1.87 bits per heavy atom. The van der Waals surface area contributed by atoms with E-state index in [9.17, 15) is 13.2 Å². The van der Waals surface area contributed by atoms with Gasteiger partial charge in [0.25, 0.3) is 0 Å². The van der Waals surface area contributed by atoms with E-state index in [1.165, 1.54) is 23.4 Å². The van der Waals surface area contributed by atoms with Crippen LogP contribution in [0.3, 0.4) is 0 Å². The first kappa shape index (κ1) is 20.6. The number of carbonyl (C=O) groups excluding carboxylic acids is 1. The molecule has 0 fully saturated rings. The SMILES string of the molecule is CC(=O)Nc1ccc(S(=O)(=O)N2CCCn3nc(-c4cccc(Cl)c4)cc3C2)cc1. The van der Waals surface area contributed by atoms with Gasteiger partial charge in [0.15, 0.2) is 0 Å². The quantitative estimate of drug-likeness (QED) is 0.664. The Hall–Kier alpha value is -2.68. The van der Waals surface area contributed by atoms with Crippen molar-refractivity contribution in [2.75, 3.05) is 11.9 Å². The fourth-order valence-corrected chi connectivity index (χ4v) is 5.13. The lowest BCUT2D eigenvalue weighted by molar-refractivity contribution is -0.114. The number of fused-ring (bicyclic) bond motifs is 1. The van der Waals surface area contributed by atoms with Crippen LogP contribution in [0.25, 0.3) is 11.3 Å². The normalized spacial score (nSPS) is 14.7. The number of nitrogens with zero attached hydrogens (tertiary/aromatic N) is 3. The molecule has 1 aliphatic rings. The van der Waals surface area contributed by atoms with Crippen LogP contribution < -0.4 is 5.32 Å². The van der Waals surface area contributed by atoms with Gasteiger partial charge < -0.3 is 5.32 Å². The summed E-state index contributed by atoms with van der Waals surface area (Å²) in [6, 6.07) is 15.6. The van der Waals surface area contributed by atoms with Crippen molar-refractivity contribution < 1.29 is 13.2 Å². The Morgan fingerprint density at radius 3 is 2.57 bits per heavy atom. The van der Waals surface area contributed by atoms with Gasteiger partial charge in [-0.3, -0.25) is 9.48 Å². The largest absolute Gasteiger partial charge is 0.326 e. The third kappa shape index (κ3) is 4.26. The second-order valence-electron chi connectivity index (χ2n) is 7.15. The maximum atomic E-state index is 13.2. The van der Waals surface area contributed by atoms with Crippen LogP contribution in [0.5, 0.6) is 0 Å². The lowest BCUT2D eigenvalue weighted by atomic mass is 10.1. The van der Waals surface area contributed by atoms with Crippen LogP contribution >= 0.6 is 11.6 Å². The minimum absolute atomic E-state index is 0.194. The molecule has 0 saturated carbocycles. The summed E-state index contributed by atoms with van der Waals surface area (Å²) in [6.45, 7) is 2.70. The monoisotopic (exact) mass is 444 g/mol. The van der Waals surface area contributed by atoms with E-state index in [-0.39, 0.29) is 17.3 Å². The van der Waals surface area contributed by atoms with E-state index in [2.05, 4.69) is 10.4 Å². The molecule has 2 heterocycles. The molecule has 156 valence electrons. The lowest BCUT2D eigenvalue weighted by Gasteiger charge is -2.20. The number of amides is 1. The third-order valence-electron chi connectivity index (χ3n) is 4.91. The van der Waals surface area contributed by atoms with Crippen LogP contribution in [0.1, 0.15) is 19.0 Å². The van der Waals surface area contributed by atoms with E-state index in [4.69, 9.17) is 11.6 Å². The number of benzene rings is 2. The van der Waals surface area contributed by atoms with Crippen molar-refractivity contribution in [2.45, 2.75) is 31.3 Å². The van der Waals surface area contributed by atoms with Gasteiger partial charge in [-0.25, -0.2) is 8.42 Å². The van der Waals surface area contributed by atoms with Gasteiger partial charge in [-0.05, 0) is 48.9 Å². The van der Waals surface area contributed by atoms with Crippen LogP contribution in [0.2, 0.25) is 5.02 Å². The Labute approximate surface area is 180 Å². The van der Waals surface area contributed by atoms with Crippen LogP contribution in [-0.2, 0) is 27.9 Å². The highest BCUT2D eigenvalue weighted by atomic mass is 35.5. The van der Waals surface area contributed by atoms with Crippen molar-refractivity contribution >= 4 is 33.2 Å². The lowest BCUT2D eigenvalue weighted by Crippen LogP contribution is -2.30. The fourth-order valence-electron chi connectivity index (χ4n) is 3.49. The first-order valence-corrected chi connectivity index (χ1v) is 11.4. The summed E-state index contributed by atoms with van der Waals surface area (Å²) >= 11 is 6.09. The predicted molar refractivity (Wildman–Crippen MR) is 116 cm³/mol. The second kappa shape index (κ2) is 8.22. The van der Waals surface area contributed by atoms with Crippen molar-refractivity contribution in [2.24, 2.45) is 0 Å². The molecule has 1 N–H and O–H groups in total. The summed E-state index contributed by atoms with van der Waals surface area (Å²) in [7, 11) is -3.68. The summed E-state index contributed by atoms with van der Waals surface area (Å²) in [6.07, 6.45) is 0.660. The number of aryl methyl sites for hydroxylation is 1. The van der Waals surface area contributed by atoms with Gasteiger partial charge in [0.1, 0.15) is 0 Å². The third-order valence-corrected chi connectivity index (χ3v) is 7.01. The molecular formula is C21H21ClN4O3S. The smallest absolute Gasteiger partial charge is 0.243 e. The van der Waals surface area contributed by atoms with Crippen molar-refractivity contribution in [3.8, 4) is 11.3 Å². The number of carbonyl (C=O) groups is 1. The molecule has 0 saturated heterocycles. The van der Waals surface area contributed by atoms with Crippen LogP contribution in [0.15, 0.2) is 59.5 Å². The van der Waals surface area contributed by atoms with Gasteiger partial charge in [0.05, 0.1) is 22.8 Å². The van der Waals surface area contributed by atoms with Gasteiger partial charge in [-0.15, -0.1) is 0 Å². The molecule has 0 spiro atoms. The van der Waals surface area contributed by atoms with E-state index >= 15 is 0 Å². The summed E-state index contributed by atoms with van der Waals surface area (Å²) in [5, 5.41) is 7.91. The number of anilines is 1. The van der Waals surface area contributed by atoms with E-state index in [1.54, 1.807) is 18.2 Å². The number of nitrogens with one attached hydrogen (secondary N) is 1. The molecule has 30 heavy (non-hydrogen) atoms. The minimum Gasteiger partial charge on any atom is -0.326 e. The molecule has 0 radical (unpaired) electrons. The highest BCUT2D eigenvalue weighted by Gasteiger charge is 2.28. The van der Waals surface area contributed by atoms with Gasteiger partial charge in [0.2, 0.25) is 15.9 Å². The summed E-state index contributed by atoms with van der Waals surface area (Å²) in [5.74, 6) is -0.207. The van der Waals surface area contributed by atoms with E-state index < -0.39 is 10.0 Å². The molecular weight excluding hydrogens is 424 g/mol. The molecule has 7 nitrogen and oxygen atoms in total. The molecule has 1 aliphatic heterocycles. The van der Waals surface area contributed by atoms with Crippen molar-refractivity contribution in [3.63, 3.8) is 0 Å². The van der Waals surface area contributed by atoms with Gasteiger partial charge in [-0.2, -0.15) is 9.40 Å². The zero-order valence-electron chi connectivity index (χ0n) is 16.4. The van der Waals surface area contributed by atoms with Gasteiger partial charge in [-0.1, -0.05) is 23.7 Å². The number of hydrogen-bond donors (Lipinski definition) is 1. The first-order chi connectivity index (χ1) is 14.3. The Kier molecular flexibility index (Phi) is 5.64. The molecule has 3 aromatic rings. The highest BCUT2D eigenvalue weighted by Crippen LogP contribution is 2.27. The molecule has 0 unspecified atom stereocenters. The zero-order chi connectivity index (χ0) is 21.3. The molecule has 1 aromatic heterocycles. The van der Waals surface area contributed by atoms with Crippen LogP contribution in [0, 0.1) is 0 Å². The minimum atomic E-state index is -3.68. The molecule has 1 amide bonds. The molecule has 0 aliphatic carbocycles. The Bertz CT molecular complexity index is 1190. The summed E-state index contributed by atoms with van der Waals surface area (Å²) in [4.78, 5) is 11.4. The van der Waals surface area contributed by atoms with Crippen molar-refractivity contribution in [1.82, 2.24) is 14.1 Å². The zero-order valence-corrected chi connectivity index (χ0v) is 17.9. The number of rotatable bonds is 4. The number of sulfonamides is 1. The summed E-state index contributed by atoms with van der Waals surface area (Å²) in [5.41, 5.74) is 3.06. The van der Waals surface area contributed by atoms with E-state index in [0.29, 0.717) is 30.2 Å². The molecule has 0 bridgehead atoms. The number of aromatic nitrogens is 2. The topological polar surface area (TPSA) is 84.3 Å². The van der Waals surface area contributed by atoms with E-state index in [1.807, 2.05) is 28.9 Å². The second-order valence-corrected chi connectivity index (χ2v) is 9.53. The van der Waals surface area contributed by atoms with E-state index in [0.717, 1.165) is 17.0 Å². The highest BCUT2D eigenvalue weighted by molar-refractivity contribution is 7.89. The molecule has 2 aromatic carbocycles. The summed E-state index contributed by atoms with van der Waals surface area (Å²) < 4.78 is 29.7. The van der Waals surface area contributed by atoms with Crippen LogP contribution in [0.4, 0.5) is 5.69 Å². The molecule has 0 atom stereocenters. The van der Waals surface area contributed by atoms with Crippen LogP contribution in [-0.4, -0.2) is 35.0 Å². The maximum absolute atomic E-state index is 13.2.